The largest absolute Gasteiger partial charge is 0.600 e. The molecule has 0 aromatic heterocycles. The van der Waals surface area contributed by atoms with Gasteiger partial charge in [-0.2, -0.15) is 0 Å². The summed E-state index contributed by atoms with van der Waals surface area (Å²) in [5, 5.41) is 19.4. The fourth-order valence-electron chi connectivity index (χ4n) is 5.18. The maximum absolute atomic E-state index is 12.8. The Labute approximate surface area is 138 Å². The molecule has 1 saturated heterocycles. The van der Waals surface area contributed by atoms with Crippen molar-refractivity contribution in [3.05, 3.63) is 5.21 Å². The average molecular weight is 326 g/mol. The van der Waals surface area contributed by atoms with E-state index in [4.69, 9.17) is 5.21 Å². The van der Waals surface area contributed by atoms with Gasteiger partial charge in [0.15, 0.2) is 5.78 Å². The number of fused-ring (bicyclic) bond motifs is 1. The molecule has 0 aromatic rings. The first-order valence-corrected chi connectivity index (χ1v) is 9.32. The van der Waals surface area contributed by atoms with Crippen LogP contribution in [-0.2, 0) is 4.79 Å². The summed E-state index contributed by atoms with van der Waals surface area (Å²) in [5.74, 6) is 0.466. The summed E-state index contributed by atoms with van der Waals surface area (Å²) >= 11 is 0. The summed E-state index contributed by atoms with van der Waals surface area (Å²) in [5.41, 5.74) is 0. The number of carbonyl (C=O) groups is 1. The summed E-state index contributed by atoms with van der Waals surface area (Å²) in [6.45, 7) is 2.89. The lowest BCUT2D eigenvalue weighted by Gasteiger charge is -2.32. The number of rotatable bonds is 4. The molecule has 2 saturated carbocycles. The van der Waals surface area contributed by atoms with Crippen LogP contribution >= 0.6 is 0 Å². The number of ketones is 1. The normalized spacial score (nSPS) is 43.1. The van der Waals surface area contributed by atoms with Crippen LogP contribution in [-0.4, -0.2) is 53.8 Å². The molecule has 2 aliphatic carbocycles. The van der Waals surface area contributed by atoms with Crippen LogP contribution in [0.25, 0.3) is 0 Å². The van der Waals surface area contributed by atoms with Gasteiger partial charge in [-0.25, -0.2) is 15.3 Å². The summed E-state index contributed by atoms with van der Waals surface area (Å²) in [6, 6.07) is 1.03. The lowest BCUT2D eigenvalue weighted by Crippen LogP contribution is -3.18. The highest BCUT2D eigenvalue weighted by Crippen LogP contribution is 2.27. The van der Waals surface area contributed by atoms with Crippen molar-refractivity contribution in [1.82, 2.24) is 4.90 Å². The third-order valence-electron chi connectivity index (χ3n) is 6.79. The fraction of sp³-hybridized carbons (Fsp3) is 0.941. The van der Waals surface area contributed by atoms with Gasteiger partial charge in [0.05, 0.1) is 6.04 Å². The molecule has 1 aliphatic heterocycles. The Morgan fingerprint density at radius 3 is 2.52 bits per heavy atom. The lowest BCUT2D eigenvalue weighted by atomic mass is 9.83. The van der Waals surface area contributed by atoms with Gasteiger partial charge in [0.25, 0.3) is 0 Å². The number of hydroxylamine groups is 2. The Hall–Kier alpha value is -0.530. The van der Waals surface area contributed by atoms with E-state index in [1.54, 1.807) is 0 Å². The zero-order chi connectivity index (χ0) is 16.6. The van der Waals surface area contributed by atoms with Gasteiger partial charge in [-0.05, 0) is 32.7 Å². The predicted octanol–water partition coefficient (Wildman–Crippen LogP) is -0.626. The Morgan fingerprint density at radius 1 is 1.22 bits per heavy atom. The van der Waals surface area contributed by atoms with Crippen LogP contribution in [0.3, 0.4) is 0 Å². The zero-order valence-electron chi connectivity index (χ0n) is 14.5. The van der Waals surface area contributed by atoms with E-state index in [0.717, 1.165) is 12.8 Å². The first kappa shape index (κ1) is 17.3. The molecule has 1 heterocycles. The average Bonchev–Trinajstić information content (AvgIpc) is 2.80. The minimum atomic E-state index is -0.693. The molecule has 0 aromatic carbocycles. The Bertz CT molecular complexity index is 423. The molecule has 3 aliphatic rings. The molecule has 5 atom stereocenters. The highest BCUT2D eigenvalue weighted by molar-refractivity contribution is 5.82. The van der Waals surface area contributed by atoms with E-state index in [9.17, 15) is 10.0 Å². The van der Waals surface area contributed by atoms with E-state index >= 15 is 0 Å². The molecule has 0 bridgehead atoms. The van der Waals surface area contributed by atoms with Crippen LogP contribution in [0.2, 0.25) is 0 Å². The first-order valence-electron chi connectivity index (χ1n) is 9.32. The molecule has 0 amide bonds. The van der Waals surface area contributed by atoms with E-state index in [-0.39, 0.29) is 12.0 Å². The van der Waals surface area contributed by atoms with Crippen molar-refractivity contribution in [3.63, 3.8) is 0 Å². The maximum atomic E-state index is 12.8. The van der Waals surface area contributed by atoms with E-state index in [2.05, 4.69) is 18.9 Å². The molecule has 3 N–H and O–H groups in total. The molecule has 6 heteroatoms. The first-order chi connectivity index (χ1) is 11.0. The molecule has 3 fully saturated rings. The monoisotopic (exact) mass is 326 g/mol. The number of hydrogen-bond acceptors (Lipinski definition) is 4. The Morgan fingerprint density at radius 2 is 1.87 bits per heavy atom. The van der Waals surface area contributed by atoms with Gasteiger partial charge in [-0.15, -0.1) is 0 Å². The molecule has 0 radical (unpaired) electrons. The minimum Gasteiger partial charge on any atom is -0.600 e. The third-order valence-corrected chi connectivity index (χ3v) is 6.79. The number of likely N-dealkylation sites (N-methyl/N-ethyl adjacent to an activating group) is 1. The van der Waals surface area contributed by atoms with Crippen LogP contribution in [0.1, 0.15) is 58.3 Å². The van der Waals surface area contributed by atoms with Crippen LogP contribution in [0.4, 0.5) is 0 Å². The van der Waals surface area contributed by atoms with Crippen molar-refractivity contribution in [3.8, 4) is 0 Å². The molecule has 132 valence electrons. The minimum absolute atomic E-state index is 0.0956. The van der Waals surface area contributed by atoms with Gasteiger partial charge < -0.3 is 10.1 Å². The predicted molar refractivity (Wildman–Crippen MR) is 86.0 cm³/mol. The molecule has 3 rings (SSSR count). The van der Waals surface area contributed by atoms with Crippen molar-refractivity contribution in [1.29, 1.82) is 0 Å². The highest BCUT2D eigenvalue weighted by atomic mass is 16.8. The van der Waals surface area contributed by atoms with Crippen LogP contribution < -0.4 is 10.1 Å². The number of nitrogens with one attached hydrogen (secondary N) is 2. The van der Waals surface area contributed by atoms with Crippen LogP contribution in [0.15, 0.2) is 0 Å². The van der Waals surface area contributed by atoms with Crippen LogP contribution in [0, 0.1) is 11.1 Å². The second kappa shape index (κ2) is 7.15. The van der Waals surface area contributed by atoms with E-state index in [0.29, 0.717) is 43.4 Å². The highest BCUT2D eigenvalue weighted by Gasteiger charge is 2.48. The Kier molecular flexibility index (Phi) is 5.38. The van der Waals surface area contributed by atoms with Gasteiger partial charge in [-0.3, -0.25) is 4.79 Å². The Balaban J connectivity index is 1.57. The quantitative estimate of drug-likeness (QED) is 0.602. The second-order valence-corrected chi connectivity index (χ2v) is 7.90. The van der Waals surface area contributed by atoms with Crippen molar-refractivity contribution in [2.75, 3.05) is 13.6 Å². The summed E-state index contributed by atoms with van der Waals surface area (Å²) in [6.07, 6.45) is 8.42. The van der Waals surface area contributed by atoms with E-state index in [1.165, 1.54) is 30.6 Å². The van der Waals surface area contributed by atoms with Crippen molar-refractivity contribution < 1.29 is 20.1 Å². The van der Waals surface area contributed by atoms with Gasteiger partial charge >= 0.3 is 0 Å². The van der Waals surface area contributed by atoms with Crippen molar-refractivity contribution in [2.24, 2.45) is 5.92 Å². The van der Waals surface area contributed by atoms with Gasteiger partial charge in [0, 0.05) is 32.1 Å². The molecule has 23 heavy (non-hydrogen) atoms. The smallest absolute Gasteiger partial charge is 0.189 e. The van der Waals surface area contributed by atoms with E-state index in [1.807, 2.05) is 0 Å². The van der Waals surface area contributed by atoms with Crippen molar-refractivity contribution >= 4 is 5.78 Å². The standard InChI is InChI=1S/C17H31N3O3/c1-12-18(2)15-5-3-4-6-16(15)19(12)11-17(21)13-7-9-14(10-8-13)20(22)23/h12-16,20,22H,3-11H2,1-2H3/p+1. The maximum Gasteiger partial charge on any atom is 0.189 e. The molecule has 5 unspecified atom stereocenters. The van der Waals surface area contributed by atoms with E-state index < -0.39 is 5.23 Å². The molecular weight excluding hydrogens is 294 g/mol. The SMILES string of the molecule is CC1N(C)C2CCCCC2[NH+]1CC(=O)C1CCC([NH+]([O-])O)CC1. The second-order valence-electron chi connectivity index (χ2n) is 7.90. The van der Waals surface area contributed by atoms with Crippen molar-refractivity contribution in [2.45, 2.75) is 82.6 Å². The van der Waals surface area contributed by atoms with Gasteiger partial charge in [0.2, 0.25) is 0 Å². The number of Topliss-reactive ketones (excluding diaryl/α,β-unsaturated/α-hetero) is 1. The lowest BCUT2D eigenvalue weighted by molar-refractivity contribution is -1.07. The topological polar surface area (TPSA) is 72.5 Å². The number of quaternary nitrogens is 2. The summed E-state index contributed by atoms with van der Waals surface area (Å²) in [7, 11) is 2.21. The summed E-state index contributed by atoms with van der Waals surface area (Å²) < 4.78 is 0. The molecule has 6 nitrogen and oxygen atoms in total. The summed E-state index contributed by atoms with van der Waals surface area (Å²) in [4.78, 5) is 16.7. The third kappa shape index (κ3) is 3.46. The number of nitrogens with zero attached hydrogens (tertiary/aromatic N) is 1. The molecular formula is C17H32N3O3+. The van der Waals surface area contributed by atoms with Crippen LogP contribution in [0.5, 0.6) is 0 Å². The van der Waals surface area contributed by atoms with Gasteiger partial charge in [0.1, 0.15) is 24.8 Å². The molecule has 0 spiro atoms. The number of hydrogen-bond donors (Lipinski definition) is 3. The fourth-order valence-corrected chi connectivity index (χ4v) is 5.18. The number of carbonyl (C=O) groups excluding carboxylic acids is 1. The van der Waals surface area contributed by atoms with Gasteiger partial charge in [-0.1, -0.05) is 6.42 Å². The zero-order valence-corrected chi connectivity index (χ0v) is 14.5.